The summed E-state index contributed by atoms with van der Waals surface area (Å²) in [5.74, 6) is -0.176. The standard InChI is InChI=1S/C15H13FS/c1-9-7-13-14(8-9)17-10(2)15(13)11-3-5-12(16)6-4-11/h3-7H,8H2,1-2H3. The van der Waals surface area contributed by atoms with E-state index in [4.69, 9.17) is 0 Å². The number of hydrogen-bond acceptors (Lipinski definition) is 1. The van der Waals surface area contributed by atoms with E-state index in [0.29, 0.717) is 0 Å². The van der Waals surface area contributed by atoms with Gasteiger partial charge >= 0.3 is 0 Å². The quantitative estimate of drug-likeness (QED) is 0.674. The Morgan fingerprint density at radius 2 is 1.82 bits per heavy atom. The van der Waals surface area contributed by atoms with Crippen LogP contribution in [-0.2, 0) is 6.42 Å². The number of rotatable bonds is 1. The number of thiophene rings is 1. The summed E-state index contributed by atoms with van der Waals surface area (Å²) >= 11 is 1.86. The normalized spacial score (nSPS) is 13.7. The molecule has 3 rings (SSSR count). The van der Waals surface area contributed by atoms with Gasteiger partial charge in [-0.25, -0.2) is 4.39 Å². The van der Waals surface area contributed by atoms with Gasteiger partial charge < -0.3 is 0 Å². The highest BCUT2D eigenvalue weighted by Gasteiger charge is 2.19. The Bertz CT molecular complexity index is 603. The minimum absolute atomic E-state index is 0.176. The van der Waals surface area contributed by atoms with Crippen LogP contribution in [0.25, 0.3) is 17.2 Å². The monoisotopic (exact) mass is 244 g/mol. The molecule has 1 aliphatic carbocycles. The fourth-order valence-corrected chi connectivity index (χ4v) is 3.70. The molecule has 1 aliphatic rings. The average Bonchev–Trinajstić information content (AvgIpc) is 2.75. The summed E-state index contributed by atoms with van der Waals surface area (Å²) in [6, 6.07) is 6.80. The second-order valence-corrected chi connectivity index (χ2v) is 5.85. The third kappa shape index (κ3) is 1.73. The van der Waals surface area contributed by atoms with E-state index in [9.17, 15) is 4.39 Å². The topological polar surface area (TPSA) is 0 Å². The summed E-state index contributed by atoms with van der Waals surface area (Å²) in [6.07, 6.45) is 3.33. The maximum atomic E-state index is 13.0. The Morgan fingerprint density at radius 1 is 1.12 bits per heavy atom. The Balaban J connectivity index is 2.18. The summed E-state index contributed by atoms with van der Waals surface area (Å²) in [5, 5.41) is 0. The summed E-state index contributed by atoms with van der Waals surface area (Å²) in [4.78, 5) is 2.77. The van der Waals surface area contributed by atoms with Crippen molar-refractivity contribution in [2.75, 3.05) is 0 Å². The van der Waals surface area contributed by atoms with Gasteiger partial charge in [0.05, 0.1) is 0 Å². The predicted octanol–water partition coefficient (Wildman–Crippen LogP) is 4.82. The molecule has 1 aromatic carbocycles. The van der Waals surface area contributed by atoms with Crippen LogP contribution in [0.4, 0.5) is 4.39 Å². The van der Waals surface area contributed by atoms with Gasteiger partial charge in [-0.2, -0.15) is 0 Å². The first kappa shape index (κ1) is 10.7. The van der Waals surface area contributed by atoms with Crippen molar-refractivity contribution in [2.45, 2.75) is 20.3 Å². The molecule has 0 radical (unpaired) electrons. The second-order valence-electron chi connectivity index (χ2n) is 4.54. The molecule has 86 valence electrons. The number of allylic oxidation sites excluding steroid dienone is 1. The molecule has 0 aliphatic heterocycles. The number of benzene rings is 1. The molecule has 0 spiro atoms. The first-order valence-electron chi connectivity index (χ1n) is 5.70. The molecule has 0 nitrogen and oxygen atoms in total. The van der Waals surface area contributed by atoms with Crippen LogP contribution in [0.3, 0.4) is 0 Å². The first-order chi connectivity index (χ1) is 8.15. The van der Waals surface area contributed by atoms with Crippen LogP contribution >= 0.6 is 11.3 Å². The SMILES string of the molecule is CC1=Cc2c(sc(C)c2-c2ccc(F)cc2)C1. The highest BCUT2D eigenvalue weighted by atomic mass is 32.1. The summed E-state index contributed by atoms with van der Waals surface area (Å²) in [6.45, 7) is 4.31. The van der Waals surface area contributed by atoms with Crippen molar-refractivity contribution < 1.29 is 4.39 Å². The Morgan fingerprint density at radius 3 is 2.53 bits per heavy atom. The van der Waals surface area contributed by atoms with Crippen LogP contribution in [-0.4, -0.2) is 0 Å². The molecule has 1 heterocycles. The summed E-state index contributed by atoms with van der Waals surface area (Å²) in [7, 11) is 0. The van der Waals surface area contributed by atoms with E-state index in [1.807, 2.05) is 23.5 Å². The first-order valence-corrected chi connectivity index (χ1v) is 6.52. The molecule has 0 N–H and O–H groups in total. The highest BCUT2D eigenvalue weighted by molar-refractivity contribution is 7.12. The van der Waals surface area contributed by atoms with Crippen molar-refractivity contribution >= 4 is 17.4 Å². The van der Waals surface area contributed by atoms with E-state index in [0.717, 1.165) is 12.0 Å². The molecule has 0 fully saturated rings. The van der Waals surface area contributed by atoms with Gasteiger partial charge in [-0.3, -0.25) is 0 Å². The molecule has 0 unspecified atom stereocenters. The van der Waals surface area contributed by atoms with Crippen LogP contribution in [0, 0.1) is 12.7 Å². The van der Waals surface area contributed by atoms with Gasteiger partial charge in [-0.05, 0) is 37.1 Å². The van der Waals surface area contributed by atoms with E-state index in [2.05, 4.69) is 19.9 Å². The zero-order valence-corrected chi connectivity index (χ0v) is 10.7. The van der Waals surface area contributed by atoms with E-state index in [-0.39, 0.29) is 5.82 Å². The lowest BCUT2D eigenvalue weighted by molar-refractivity contribution is 0.628. The lowest BCUT2D eigenvalue weighted by Crippen LogP contribution is -1.81. The molecule has 0 saturated heterocycles. The molecule has 1 aromatic heterocycles. The number of halogens is 1. The Kier molecular flexibility index (Phi) is 2.40. The van der Waals surface area contributed by atoms with Crippen LogP contribution in [0.2, 0.25) is 0 Å². The lowest BCUT2D eigenvalue weighted by Gasteiger charge is -2.02. The molecule has 2 heteroatoms. The third-order valence-electron chi connectivity index (χ3n) is 3.16. The predicted molar refractivity (Wildman–Crippen MR) is 71.8 cm³/mol. The van der Waals surface area contributed by atoms with E-state index in [1.54, 1.807) is 0 Å². The molecule has 17 heavy (non-hydrogen) atoms. The lowest BCUT2D eigenvalue weighted by atomic mass is 10.0. The van der Waals surface area contributed by atoms with Gasteiger partial charge in [0.1, 0.15) is 5.82 Å². The fraction of sp³-hybridized carbons (Fsp3) is 0.200. The minimum Gasteiger partial charge on any atom is -0.207 e. The van der Waals surface area contributed by atoms with Crippen LogP contribution in [0.15, 0.2) is 29.8 Å². The van der Waals surface area contributed by atoms with Crippen LogP contribution in [0.1, 0.15) is 22.2 Å². The van der Waals surface area contributed by atoms with Gasteiger partial charge in [-0.15, -0.1) is 11.3 Å². The zero-order chi connectivity index (χ0) is 12.0. The number of hydrogen-bond donors (Lipinski definition) is 0. The van der Waals surface area contributed by atoms with Crippen molar-refractivity contribution in [3.05, 3.63) is 51.0 Å². The second kappa shape index (κ2) is 3.81. The van der Waals surface area contributed by atoms with Crippen molar-refractivity contribution in [3.63, 3.8) is 0 Å². The van der Waals surface area contributed by atoms with Gasteiger partial charge in [0, 0.05) is 21.7 Å². The maximum Gasteiger partial charge on any atom is 0.123 e. The molecule has 0 saturated carbocycles. The van der Waals surface area contributed by atoms with Gasteiger partial charge in [0.15, 0.2) is 0 Å². The zero-order valence-electron chi connectivity index (χ0n) is 9.88. The van der Waals surface area contributed by atoms with E-state index in [1.165, 1.54) is 38.6 Å². The van der Waals surface area contributed by atoms with Crippen molar-refractivity contribution in [3.8, 4) is 11.1 Å². The van der Waals surface area contributed by atoms with Crippen molar-refractivity contribution in [1.82, 2.24) is 0 Å². The van der Waals surface area contributed by atoms with Crippen molar-refractivity contribution in [1.29, 1.82) is 0 Å². The fourth-order valence-electron chi connectivity index (χ4n) is 2.43. The number of aryl methyl sites for hydroxylation is 1. The molecule has 0 bridgehead atoms. The van der Waals surface area contributed by atoms with Gasteiger partial charge in [0.2, 0.25) is 0 Å². The van der Waals surface area contributed by atoms with Gasteiger partial charge in [0.25, 0.3) is 0 Å². The van der Waals surface area contributed by atoms with E-state index < -0.39 is 0 Å². The summed E-state index contributed by atoms with van der Waals surface area (Å²) in [5.41, 5.74) is 5.15. The maximum absolute atomic E-state index is 13.0. The number of fused-ring (bicyclic) bond motifs is 1. The molecular weight excluding hydrogens is 231 g/mol. The van der Waals surface area contributed by atoms with Gasteiger partial charge in [-0.1, -0.05) is 23.8 Å². The smallest absolute Gasteiger partial charge is 0.123 e. The molecule has 2 aromatic rings. The average molecular weight is 244 g/mol. The van der Waals surface area contributed by atoms with E-state index >= 15 is 0 Å². The molecule has 0 amide bonds. The molecular formula is C15H13FS. The van der Waals surface area contributed by atoms with Crippen molar-refractivity contribution in [2.24, 2.45) is 0 Å². The third-order valence-corrected chi connectivity index (χ3v) is 4.28. The minimum atomic E-state index is -0.176. The highest BCUT2D eigenvalue weighted by Crippen LogP contribution is 2.41. The largest absolute Gasteiger partial charge is 0.207 e. The summed E-state index contributed by atoms with van der Waals surface area (Å²) < 4.78 is 13.0. The Hall–Kier alpha value is -1.41. The van der Waals surface area contributed by atoms with Crippen LogP contribution in [0.5, 0.6) is 0 Å². The van der Waals surface area contributed by atoms with Crippen LogP contribution < -0.4 is 0 Å². The molecule has 0 atom stereocenters. The Labute approximate surface area is 104 Å².